The first-order chi connectivity index (χ1) is 7.08. The Balaban J connectivity index is 2.39. The average molecular weight is 207 g/mol. The lowest BCUT2D eigenvalue weighted by atomic mass is 10.0. The first kappa shape index (κ1) is 9.64. The molecule has 1 aromatic carbocycles. The fourth-order valence-corrected chi connectivity index (χ4v) is 1.61. The molecule has 2 amide bonds. The summed E-state index contributed by atoms with van der Waals surface area (Å²) in [6.45, 7) is 1.76. The molecule has 0 aliphatic carbocycles. The number of hydrogen-bond donors (Lipinski definition) is 2. The third-order valence-electron chi connectivity index (χ3n) is 2.34. The SMILES string of the molecule is Cc1cc(F)ccc1C1NC(=O)N=C1N. The van der Waals surface area contributed by atoms with Gasteiger partial charge in [-0.05, 0) is 30.2 Å². The normalized spacial score (nSPS) is 20.0. The highest BCUT2D eigenvalue weighted by Crippen LogP contribution is 2.21. The van der Waals surface area contributed by atoms with Crippen LogP contribution in [-0.4, -0.2) is 11.9 Å². The number of carbonyl (C=O) groups excluding carboxylic acids is 1. The van der Waals surface area contributed by atoms with Crippen molar-refractivity contribution in [1.82, 2.24) is 5.32 Å². The van der Waals surface area contributed by atoms with E-state index < -0.39 is 12.1 Å². The number of amides is 2. The van der Waals surface area contributed by atoms with Gasteiger partial charge in [-0.2, -0.15) is 4.99 Å². The second-order valence-electron chi connectivity index (χ2n) is 3.42. The van der Waals surface area contributed by atoms with E-state index in [9.17, 15) is 9.18 Å². The molecule has 0 saturated carbocycles. The molecule has 1 atom stereocenters. The number of rotatable bonds is 1. The van der Waals surface area contributed by atoms with Gasteiger partial charge in [0.25, 0.3) is 0 Å². The summed E-state index contributed by atoms with van der Waals surface area (Å²) in [5.74, 6) is -0.0919. The van der Waals surface area contributed by atoms with Gasteiger partial charge in [0.1, 0.15) is 17.7 Å². The zero-order valence-corrected chi connectivity index (χ0v) is 8.12. The van der Waals surface area contributed by atoms with Gasteiger partial charge in [-0.25, -0.2) is 9.18 Å². The third-order valence-corrected chi connectivity index (χ3v) is 2.34. The number of halogens is 1. The first-order valence-corrected chi connectivity index (χ1v) is 4.48. The Hall–Kier alpha value is -1.91. The van der Waals surface area contributed by atoms with E-state index in [1.165, 1.54) is 12.1 Å². The summed E-state index contributed by atoms with van der Waals surface area (Å²) in [6.07, 6.45) is 0. The Labute approximate surface area is 86.0 Å². The summed E-state index contributed by atoms with van der Waals surface area (Å²) in [6, 6.07) is 3.44. The highest BCUT2D eigenvalue weighted by atomic mass is 19.1. The number of carbonyl (C=O) groups is 1. The van der Waals surface area contributed by atoms with E-state index in [1.54, 1.807) is 13.0 Å². The van der Waals surface area contributed by atoms with Gasteiger partial charge in [0.15, 0.2) is 0 Å². The number of benzene rings is 1. The zero-order chi connectivity index (χ0) is 11.0. The molecule has 5 heteroatoms. The van der Waals surface area contributed by atoms with E-state index >= 15 is 0 Å². The molecule has 0 fully saturated rings. The molecular weight excluding hydrogens is 197 g/mol. The van der Waals surface area contributed by atoms with Gasteiger partial charge in [-0.3, -0.25) is 0 Å². The third kappa shape index (κ3) is 1.68. The Morgan fingerprint density at radius 1 is 1.53 bits per heavy atom. The number of aryl methyl sites for hydroxylation is 1. The summed E-state index contributed by atoms with van der Waals surface area (Å²) in [5, 5.41) is 2.59. The molecule has 2 rings (SSSR count). The van der Waals surface area contributed by atoms with Crippen molar-refractivity contribution in [2.24, 2.45) is 10.7 Å². The highest BCUT2D eigenvalue weighted by molar-refractivity contribution is 6.03. The standard InChI is InChI=1S/C10H10FN3O/c1-5-4-6(11)2-3-7(5)8-9(12)14-10(15)13-8/h2-4,8H,1H3,(H3,12,13,14,15). The van der Waals surface area contributed by atoms with Crippen LogP contribution in [0, 0.1) is 12.7 Å². The molecule has 1 aliphatic heterocycles. The van der Waals surface area contributed by atoms with Crippen molar-refractivity contribution in [2.75, 3.05) is 0 Å². The van der Waals surface area contributed by atoms with E-state index in [2.05, 4.69) is 10.3 Å². The van der Waals surface area contributed by atoms with Gasteiger partial charge >= 0.3 is 6.03 Å². The molecule has 0 saturated heterocycles. The summed E-state index contributed by atoms with van der Waals surface area (Å²) in [7, 11) is 0. The van der Waals surface area contributed by atoms with E-state index in [-0.39, 0.29) is 11.7 Å². The lowest BCUT2D eigenvalue weighted by Gasteiger charge is -2.13. The predicted molar refractivity (Wildman–Crippen MR) is 54.0 cm³/mol. The smallest absolute Gasteiger partial charge is 0.343 e. The highest BCUT2D eigenvalue weighted by Gasteiger charge is 2.26. The van der Waals surface area contributed by atoms with Crippen molar-refractivity contribution in [1.29, 1.82) is 0 Å². The van der Waals surface area contributed by atoms with Crippen LogP contribution in [0.3, 0.4) is 0 Å². The number of hydrogen-bond acceptors (Lipinski definition) is 2. The number of nitrogens with zero attached hydrogens (tertiary/aromatic N) is 1. The minimum absolute atomic E-state index is 0.217. The first-order valence-electron chi connectivity index (χ1n) is 4.48. The largest absolute Gasteiger partial charge is 0.385 e. The lowest BCUT2D eigenvalue weighted by Crippen LogP contribution is -2.28. The van der Waals surface area contributed by atoms with Crippen LogP contribution in [0.5, 0.6) is 0 Å². The average Bonchev–Trinajstić information content (AvgIpc) is 2.45. The van der Waals surface area contributed by atoms with Gasteiger partial charge < -0.3 is 11.1 Å². The second kappa shape index (κ2) is 3.34. The van der Waals surface area contributed by atoms with Crippen LogP contribution in [-0.2, 0) is 0 Å². The topological polar surface area (TPSA) is 67.5 Å². The van der Waals surface area contributed by atoms with Gasteiger partial charge in [-0.15, -0.1) is 0 Å². The Kier molecular flexibility index (Phi) is 2.15. The minimum atomic E-state index is -0.457. The number of nitrogens with one attached hydrogen (secondary N) is 1. The van der Waals surface area contributed by atoms with Crippen LogP contribution in [0.2, 0.25) is 0 Å². The van der Waals surface area contributed by atoms with Crippen LogP contribution in [0.4, 0.5) is 9.18 Å². The van der Waals surface area contributed by atoms with E-state index in [0.29, 0.717) is 0 Å². The van der Waals surface area contributed by atoms with Gasteiger partial charge in [0, 0.05) is 0 Å². The Morgan fingerprint density at radius 3 is 2.80 bits per heavy atom. The van der Waals surface area contributed by atoms with Crippen molar-refractivity contribution in [3.05, 3.63) is 35.1 Å². The Bertz CT molecular complexity index is 456. The number of amidine groups is 1. The molecular formula is C10H10FN3O. The minimum Gasteiger partial charge on any atom is -0.385 e. The molecule has 1 aliphatic rings. The van der Waals surface area contributed by atoms with Gasteiger partial charge in [0.05, 0.1) is 0 Å². The maximum atomic E-state index is 12.9. The zero-order valence-electron chi connectivity index (χ0n) is 8.12. The fourth-order valence-electron chi connectivity index (χ4n) is 1.61. The fraction of sp³-hybridized carbons (Fsp3) is 0.200. The maximum Gasteiger partial charge on any atom is 0.343 e. The van der Waals surface area contributed by atoms with E-state index in [1.807, 2.05) is 0 Å². The molecule has 15 heavy (non-hydrogen) atoms. The molecule has 0 radical (unpaired) electrons. The van der Waals surface area contributed by atoms with Crippen molar-refractivity contribution in [2.45, 2.75) is 13.0 Å². The van der Waals surface area contributed by atoms with E-state index in [4.69, 9.17) is 5.73 Å². The molecule has 1 unspecified atom stereocenters. The molecule has 78 valence electrons. The summed E-state index contributed by atoms with van der Waals surface area (Å²) in [4.78, 5) is 14.5. The monoisotopic (exact) mass is 207 g/mol. The van der Waals surface area contributed by atoms with Gasteiger partial charge in [0.2, 0.25) is 0 Å². The predicted octanol–water partition coefficient (Wildman–Crippen LogP) is 1.26. The van der Waals surface area contributed by atoms with Crippen LogP contribution in [0.25, 0.3) is 0 Å². The van der Waals surface area contributed by atoms with Crippen LogP contribution in [0.15, 0.2) is 23.2 Å². The molecule has 4 nitrogen and oxygen atoms in total. The molecule has 1 aromatic rings. The van der Waals surface area contributed by atoms with Crippen molar-refractivity contribution >= 4 is 11.9 Å². The summed E-state index contributed by atoms with van der Waals surface area (Å²) in [5.41, 5.74) is 7.08. The number of nitrogens with two attached hydrogens (primary N) is 1. The lowest BCUT2D eigenvalue weighted by molar-refractivity contribution is 0.250. The quantitative estimate of drug-likeness (QED) is 0.727. The molecule has 1 heterocycles. The molecule has 3 N–H and O–H groups in total. The van der Waals surface area contributed by atoms with Crippen LogP contribution < -0.4 is 11.1 Å². The van der Waals surface area contributed by atoms with E-state index in [0.717, 1.165) is 11.1 Å². The Morgan fingerprint density at radius 2 is 2.27 bits per heavy atom. The summed E-state index contributed by atoms with van der Waals surface area (Å²) >= 11 is 0. The molecule has 0 aromatic heterocycles. The van der Waals surface area contributed by atoms with Crippen molar-refractivity contribution in [3.63, 3.8) is 0 Å². The second-order valence-corrected chi connectivity index (χ2v) is 3.42. The molecule has 0 bridgehead atoms. The van der Waals surface area contributed by atoms with Crippen molar-refractivity contribution < 1.29 is 9.18 Å². The maximum absolute atomic E-state index is 12.9. The summed E-state index contributed by atoms with van der Waals surface area (Å²) < 4.78 is 12.9. The van der Waals surface area contributed by atoms with Gasteiger partial charge in [-0.1, -0.05) is 6.07 Å². The number of aliphatic imine (C=N–C) groups is 1. The number of urea groups is 1. The van der Waals surface area contributed by atoms with Crippen molar-refractivity contribution in [3.8, 4) is 0 Å². The van der Waals surface area contributed by atoms with Crippen LogP contribution >= 0.6 is 0 Å². The van der Waals surface area contributed by atoms with Crippen LogP contribution in [0.1, 0.15) is 17.2 Å². The molecule has 0 spiro atoms.